The van der Waals surface area contributed by atoms with Crippen LogP contribution in [0, 0.1) is 0 Å². The lowest BCUT2D eigenvalue weighted by Crippen LogP contribution is -2.01. The molecule has 25 aromatic rings. The summed E-state index contributed by atoms with van der Waals surface area (Å²) in [6.45, 7) is 0. The number of nitrogens with zero attached hydrogens (tertiary/aromatic N) is 17. The molecule has 0 bridgehead atoms. The highest BCUT2D eigenvalue weighted by molar-refractivity contribution is 6.18. The summed E-state index contributed by atoms with van der Waals surface area (Å²) in [5.41, 5.74) is 20.3. The Hall–Kier alpha value is -18.0. The van der Waals surface area contributed by atoms with E-state index in [1.807, 2.05) is 249 Å². The number of benzene rings is 14. The van der Waals surface area contributed by atoms with Gasteiger partial charge in [-0.05, 0) is 48.5 Å². The van der Waals surface area contributed by atoms with Crippen molar-refractivity contribution in [2.24, 2.45) is 0 Å². The molecular formula is C112H69N17. The summed E-state index contributed by atoms with van der Waals surface area (Å²) in [7, 11) is 0. The van der Waals surface area contributed by atoms with Crippen molar-refractivity contribution in [1.29, 1.82) is 0 Å². The van der Waals surface area contributed by atoms with Gasteiger partial charge in [-0.15, -0.1) is 0 Å². The van der Waals surface area contributed by atoms with Crippen molar-refractivity contribution in [2.45, 2.75) is 0 Å². The predicted molar refractivity (Wildman–Crippen MR) is 518 cm³/mol. The fraction of sp³-hybridized carbons (Fsp3) is 0. The number of rotatable bonds is 12. The van der Waals surface area contributed by atoms with Crippen molar-refractivity contribution < 1.29 is 0 Å². The molecule has 0 unspecified atom stereocenters. The molecule has 11 heterocycles. The molecule has 0 spiro atoms. The van der Waals surface area contributed by atoms with Gasteiger partial charge in [0.25, 0.3) is 0 Å². The minimum atomic E-state index is 0.501. The Morgan fingerprint density at radius 2 is 0.411 bits per heavy atom. The summed E-state index contributed by atoms with van der Waals surface area (Å²) in [6.07, 6.45) is 5.76. The van der Waals surface area contributed by atoms with Crippen LogP contribution in [0.4, 0.5) is 0 Å². The van der Waals surface area contributed by atoms with Crippen molar-refractivity contribution in [3.63, 3.8) is 0 Å². The highest BCUT2D eigenvalue weighted by atomic mass is 15.1. The molecule has 0 aliphatic carbocycles. The minimum Gasteiger partial charge on any atom is -0.299 e. The fourth-order valence-electron chi connectivity index (χ4n) is 16.8. The first-order valence-electron chi connectivity index (χ1n) is 42.4. The average molecular weight is 1650 g/mol. The highest BCUT2D eigenvalue weighted by Gasteiger charge is 2.22. The van der Waals surface area contributed by atoms with Gasteiger partial charge in [-0.3, -0.25) is 14.4 Å². The summed E-state index contributed by atoms with van der Waals surface area (Å²) in [6, 6.07) is 135. The van der Waals surface area contributed by atoms with Crippen LogP contribution in [0.3, 0.4) is 0 Å². The van der Waals surface area contributed by atoms with E-state index in [9.17, 15) is 0 Å². The van der Waals surface area contributed by atoms with E-state index in [-0.39, 0.29) is 0 Å². The first kappa shape index (κ1) is 76.0. The SMILES string of the molecule is c1ccc(-c2nc(-c3ccccc3)nc(-c3ccc4ccc5c(ccc6ccc(-c7nc(-c8ccccc8)nc(-c8ccccc8)n7)nc65)c4n3)n2)cc1.c1ccc(-c2nc(-c3ccccc3)nc(-c3ccc4ccc5c(ccc6cccnc65)c4n3)n2)cc1.c1ccc(-c2nc3ccccn3c2-c2ccc(-c3ccc4ccc5c(ccc6cccnc65)c4n3)cc2)cc1. The van der Waals surface area contributed by atoms with Crippen molar-refractivity contribution in [2.75, 3.05) is 0 Å². The molecule has 17 heteroatoms. The largest absolute Gasteiger partial charge is 0.299 e. The van der Waals surface area contributed by atoms with Crippen LogP contribution in [0.5, 0.6) is 0 Å². The first-order chi connectivity index (χ1) is 63.9. The molecule has 0 atom stereocenters. The van der Waals surface area contributed by atoms with E-state index in [4.69, 9.17) is 69.8 Å². The third-order valence-corrected chi connectivity index (χ3v) is 23.2. The maximum Gasteiger partial charge on any atom is 0.182 e. The second-order valence-electron chi connectivity index (χ2n) is 31.2. The Kier molecular flexibility index (Phi) is 19.4. The molecule has 0 saturated carbocycles. The predicted octanol–water partition coefficient (Wildman–Crippen LogP) is 26.0. The summed E-state index contributed by atoms with van der Waals surface area (Å²) >= 11 is 0. The van der Waals surface area contributed by atoms with Crippen LogP contribution in [0.2, 0.25) is 0 Å². The second-order valence-corrected chi connectivity index (χ2v) is 31.2. The van der Waals surface area contributed by atoms with Gasteiger partial charge in [0, 0.05) is 133 Å². The Bertz CT molecular complexity index is 8220. The molecule has 0 radical (unpaired) electrons. The molecule has 129 heavy (non-hydrogen) atoms. The minimum absolute atomic E-state index is 0.501. The molecule has 602 valence electrons. The number of pyridine rings is 7. The van der Waals surface area contributed by atoms with Gasteiger partial charge >= 0.3 is 0 Å². The fourth-order valence-corrected chi connectivity index (χ4v) is 16.8. The summed E-state index contributed by atoms with van der Waals surface area (Å²) in [5.74, 6) is 5.14. The van der Waals surface area contributed by atoms with E-state index >= 15 is 0 Å². The number of hydrogen-bond donors (Lipinski definition) is 0. The molecule has 0 saturated heterocycles. The standard InChI is InChI=1S/C46H28N8.C35H22N4.C31H19N5/c1-5-13-31(14-6-1)41-49-42(32-15-7-2-8-16-32)52-45(51-41)37-27-23-29-21-26-36-35(39(29)47-37)25-22-30-24-28-38(48-40(30)36)46-53-43(33-17-9-3-10-18-33)50-44(54-46)34-19-11-4-12-20-34;1-2-7-24(8-3-1)34-35(39-22-5-4-10-31(39)38-34)27-13-11-23(12-14-27)30-20-17-26-16-18-28-29(33(26)37-30)19-15-25-9-6-21-36-32(25)28;1-3-8-22(9-4-1)29-34-30(23-10-5-2-6-11-23)36-31(35-29)26-18-15-21-14-16-24-25(28(21)33-26)17-13-20-12-7-19-32-27(20)24/h1-28H;1-22H;1-19H. The Labute approximate surface area is 738 Å². The second kappa shape index (κ2) is 33.0. The third-order valence-electron chi connectivity index (χ3n) is 23.2. The molecule has 0 fully saturated rings. The monoisotopic (exact) mass is 1650 g/mol. The zero-order valence-corrected chi connectivity index (χ0v) is 68.9. The van der Waals surface area contributed by atoms with Crippen LogP contribution in [0.25, 0.3) is 240 Å². The van der Waals surface area contributed by atoms with Crippen molar-refractivity contribution in [3.05, 3.63) is 419 Å². The Balaban J connectivity index is 0.000000113. The van der Waals surface area contributed by atoms with E-state index in [0.717, 1.165) is 171 Å². The van der Waals surface area contributed by atoms with Gasteiger partial charge in [0.15, 0.2) is 52.4 Å². The third kappa shape index (κ3) is 14.8. The maximum atomic E-state index is 5.21. The van der Waals surface area contributed by atoms with E-state index in [1.165, 1.54) is 0 Å². The lowest BCUT2D eigenvalue weighted by atomic mass is 10.0. The highest BCUT2D eigenvalue weighted by Crippen LogP contribution is 2.40. The maximum absolute atomic E-state index is 5.21. The van der Waals surface area contributed by atoms with Gasteiger partial charge in [-0.1, -0.05) is 352 Å². The quantitative estimate of drug-likeness (QED) is 0.104. The molecule has 0 N–H and O–H groups in total. The van der Waals surface area contributed by atoms with Crippen molar-refractivity contribution >= 4 is 103 Å². The van der Waals surface area contributed by atoms with Crippen molar-refractivity contribution in [3.8, 4) is 137 Å². The zero-order valence-electron chi connectivity index (χ0n) is 68.9. The van der Waals surface area contributed by atoms with Crippen LogP contribution in [-0.2, 0) is 0 Å². The molecular weight excluding hydrogens is 1580 g/mol. The van der Waals surface area contributed by atoms with Gasteiger partial charge in [0.2, 0.25) is 0 Å². The van der Waals surface area contributed by atoms with Crippen LogP contribution in [0.1, 0.15) is 0 Å². The molecule has 0 amide bonds. The summed E-state index contributed by atoms with van der Waals surface area (Å²) in [4.78, 5) is 78.7. The first-order valence-corrected chi connectivity index (χ1v) is 42.4. The van der Waals surface area contributed by atoms with E-state index in [2.05, 4.69) is 184 Å². The molecule has 0 aliphatic heterocycles. The van der Waals surface area contributed by atoms with Crippen LogP contribution >= 0.6 is 0 Å². The van der Waals surface area contributed by atoms with Crippen LogP contribution < -0.4 is 0 Å². The molecule has 0 aliphatic rings. The smallest absolute Gasteiger partial charge is 0.182 e. The van der Waals surface area contributed by atoms with Crippen molar-refractivity contribution in [1.82, 2.24) is 84.1 Å². The lowest BCUT2D eigenvalue weighted by molar-refractivity contribution is 1.06. The van der Waals surface area contributed by atoms with Crippen LogP contribution in [-0.4, -0.2) is 84.1 Å². The van der Waals surface area contributed by atoms with Crippen LogP contribution in [0.15, 0.2) is 419 Å². The van der Waals surface area contributed by atoms with E-state index in [0.29, 0.717) is 69.5 Å². The molecule has 17 nitrogen and oxygen atoms in total. The number of aromatic nitrogens is 17. The summed E-state index contributed by atoms with van der Waals surface area (Å²) < 4.78 is 2.16. The Morgan fingerprint density at radius 1 is 0.155 bits per heavy atom. The van der Waals surface area contributed by atoms with Gasteiger partial charge < -0.3 is 0 Å². The van der Waals surface area contributed by atoms with Gasteiger partial charge in [-0.25, -0.2) is 69.8 Å². The average Bonchev–Trinajstić information content (AvgIpc) is 1.46. The van der Waals surface area contributed by atoms with Gasteiger partial charge in [0.1, 0.15) is 22.7 Å². The molecule has 25 rings (SSSR count). The number of fused-ring (bicyclic) bond motifs is 16. The van der Waals surface area contributed by atoms with Gasteiger partial charge in [-0.2, -0.15) is 0 Å². The van der Waals surface area contributed by atoms with E-state index < -0.39 is 0 Å². The van der Waals surface area contributed by atoms with E-state index in [1.54, 1.807) is 0 Å². The lowest BCUT2D eigenvalue weighted by Gasteiger charge is -2.11. The molecule has 14 aromatic carbocycles. The normalized spacial score (nSPS) is 11.4. The number of imidazole rings is 1. The summed E-state index contributed by atoms with van der Waals surface area (Å²) in [5, 5.41) is 12.7. The topological polar surface area (TPSA) is 211 Å². The zero-order chi connectivity index (χ0) is 85.5. The molecule has 11 aromatic heterocycles. The Morgan fingerprint density at radius 3 is 0.736 bits per heavy atom. The van der Waals surface area contributed by atoms with Gasteiger partial charge in [0.05, 0.1) is 50.2 Å². The number of hydrogen-bond acceptors (Lipinski definition) is 16.